The Balaban J connectivity index is 2.20. The topological polar surface area (TPSA) is 49.4 Å². The first-order valence-corrected chi connectivity index (χ1v) is 7.58. The van der Waals surface area contributed by atoms with Crippen molar-refractivity contribution in [3.63, 3.8) is 0 Å². The summed E-state index contributed by atoms with van der Waals surface area (Å²) in [6, 6.07) is -0.388. The molecule has 0 radical (unpaired) electrons. The van der Waals surface area contributed by atoms with E-state index in [4.69, 9.17) is 0 Å². The van der Waals surface area contributed by atoms with Crippen LogP contribution in [-0.4, -0.2) is 34.8 Å². The van der Waals surface area contributed by atoms with Crippen LogP contribution in [0, 0.1) is 11.8 Å². The van der Waals surface area contributed by atoms with Crippen LogP contribution in [0.2, 0.25) is 0 Å². The van der Waals surface area contributed by atoms with Crippen LogP contribution in [0.5, 0.6) is 0 Å². The molecule has 2 rings (SSSR count). The zero-order valence-electron chi connectivity index (χ0n) is 12.5. The second kappa shape index (κ2) is 5.51. The summed E-state index contributed by atoms with van der Waals surface area (Å²) in [6.07, 6.45) is 3.78. The van der Waals surface area contributed by atoms with Gasteiger partial charge in [-0.1, -0.05) is 20.8 Å². The lowest BCUT2D eigenvalue weighted by Gasteiger charge is -2.43. The Bertz CT molecular complexity index is 363. The zero-order chi connectivity index (χ0) is 14.2. The number of hydrogen-bond acceptors (Lipinski definition) is 2. The Labute approximate surface area is 115 Å². The smallest absolute Gasteiger partial charge is 0.246 e. The van der Waals surface area contributed by atoms with Crippen LogP contribution < -0.4 is 5.32 Å². The summed E-state index contributed by atoms with van der Waals surface area (Å²) in [5.74, 6) is 0.982. The lowest BCUT2D eigenvalue weighted by atomic mass is 9.95. The Morgan fingerprint density at radius 3 is 2.37 bits per heavy atom. The zero-order valence-corrected chi connectivity index (χ0v) is 12.5. The minimum Gasteiger partial charge on any atom is -0.342 e. The van der Waals surface area contributed by atoms with Crippen molar-refractivity contribution in [2.24, 2.45) is 11.8 Å². The van der Waals surface area contributed by atoms with Crippen molar-refractivity contribution in [2.45, 2.75) is 71.5 Å². The van der Waals surface area contributed by atoms with Gasteiger partial charge in [-0.05, 0) is 44.4 Å². The highest BCUT2D eigenvalue weighted by atomic mass is 16.2. The summed E-state index contributed by atoms with van der Waals surface area (Å²) in [7, 11) is 0. The number of carbonyl (C=O) groups is 2. The molecule has 2 amide bonds. The summed E-state index contributed by atoms with van der Waals surface area (Å²) in [6.45, 7) is 8.30. The first-order valence-electron chi connectivity index (χ1n) is 7.58. The average molecular weight is 266 g/mol. The Morgan fingerprint density at radius 2 is 1.89 bits per heavy atom. The Kier molecular flexibility index (Phi) is 4.16. The normalized spacial score (nSPS) is 29.6. The van der Waals surface area contributed by atoms with Gasteiger partial charge in [-0.15, -0.1) is 0 Å². The number of carbonyl (C=O) groups excluding carboxylic acids is 2. The molecular weight excluding hydrogens is 240 g/mol. The second-order valence-electron chi connectivity index (χ2n) is 6.48. The fourth-order valence-electron chi connectivity index (χ4n) is 2.93. The Hall–Kier alpha value is -1.06. The van der Waals surface area contributed by atoms with Crippen molar-refractivity contribution in [2.75, 3.05) is 0 Å². The van der Waals surface area contributed by atoms with Crippen molar-refractivity contribution in [3.8, 4) is 0 Å². The number of piperazine rings is 1. The molecule has 1 saturated carbocycles. The first kappa shape index (κ1) is 14.4. The third-order valence-electron chi connectivity index (χ3n) is 4.28. The van der Waals surface area contributed by atoms with Crippen LogP contribution in [0.1, 0.15) is 53.4 Å². The van der Waals surface area contributed by atoms with Gasteiger partial charge in [-0.3, -0.25) is 9.59 Å². The van der Waals surface area contributed by atoms with Crippen molar-refractivity contribution in [1.82, 2.24) is 10.2 Å². The van der Waals surface area contributed by atoms with E-state index >= 15 is 0 Å². The molecule has 0 aromatic rings. The molecule has 1 N–H and O–H groups in total. The van der Waals surface area contributed by atoms with Gasteiger partial charge < -0.3 is 10.2 Å². The molecule has 2 fully saturated rings. The van der Waals surface area contributed by atoms with E-state index in [1.54, 1.807) is 0 Å². The SMILES string of the molecule is CCC(C)N1C(=O)C(CC(C)C)NC(=O)C1C1CC1. The van der Waals surface area contributed by atoms with Crippen LogP contribution in [0.4, 0.5) is 0 Å². The van der Waals surface area contributed by atoms with Crippen molar-refractivity contribution in [3.05, 3.63) is 0 Å². The average Bonchev–Trinajstić information content (AvgIpc) is 3.15. The van der Waals surface area contributed by atoms with Crippen molar-refractivity contribution >= 4 is 11.8 Å². The third kappa shape index (κ3) is 2.93. The van der Waals surface area contributed by atoms with Gasteiger partial charge in [0.15, 0.2) is 0 Å². The molecular formula is C15H26N2O2. The lowest BCUT2D eigenvalue weighted by Crippen LogP contribution is -2.66. The molecule has 2 aliphatic rings. The monoisotopic (exact) mass is 266 g/mol. The van der Waals surface area contributed by atoms with Gasteiger partial charge in [0.25, 0.3) is 0 Å². The molecule has 1 aliphatic heterocycles. The van der Waals surface area contributed by atoms with Gasteiger partial charge in [0.1, 0.15) is 12.1 Å². The summed E-state index contributed by atoms with van der Waals surface area (Å²) >= 11 is 0. The van der Waals surface area contributed by atoms with E-state index in [-0.39, 0.29) is 29.9 Å². The molecule has 3 atom stereocenters. The predicted octanol–water partition coefficient (Wildman–Crippen LogP) is 1.94. The van der Waals surface area contributed by atoms with Crippen LogP contribution in [0.15, 0.2) is 0 Å². The van der Waals surface area contributed by atoms with Gasteiger partial charge in [0.05, 0.1) is 0 Å². The maximum atomic E-state index is 12.7. The van der Waals surface area contributed by atoms with Crippen molar-refractivity contribution < 1.29 is 9.59 Å². The second-order valence-corrected chi connectivity index (χ2v) is 6.48. The fourth-order valence-corrected chi connectivity index (χ4v) is 2.93. The van der Waals surface area contributed by atoms with Crippen LogP contribution in [-0.2, 0) is 9.59 Å². The van der Waals surface area contributed by atoms with E-state index in [1.165, 1.54) is 0 Å². The number of amides is 2. The maximum absolute atomic E-state index is 12.7. The van der Waals surface area contributed by atoms with E-state index in [9.17, 15) is 9.59 Å². The highest BCUT2D eigenvalue weighted by Gasteiger charge is 2.48. The molecule has 19 heavy (non-hydrogen) atoms. The summed E-state index contributed by atoms with van der Waals surface area (Å²) in [5.41, 5.74) is 0. The number of nitrogens with zero attached hydrogens (tertiary/aromatic N) is 1. The molecule has 108 valence electrons. The van der Waals surface area contributed by atoms with E-state index in [2.05, 4.69) is 33.0 Å². The van der Waals surface area contributed by atoms with Crippen LogP contribution in [0.25, 0.3) is 0 Å². The molecule has 0 aromatic carbocycles. The maximum Gasteiger partial charge on any atom is 0.246 e. The molecule has 1 aliphatic carbocycles. The van der Waals surface area contributed by atoms with Gasteiger partial charge in [-0.25, -0.2) is 0 Å². The third-order valence-corrected chi connectivity index (χ3v) is 4.28. The molecule has 0 spiro atoms. The minimum atomic E-state index is -0.323. The number of rotatable bonds is 5. The quantitative estimate of drug-likeness (QED) is 0.826. The summed E-state index contributed by atoms with van der Waals surface area (Å²) in [5, 5.41) is 2.95. The lowest BCUT2D eigenvalue weighted by molar-refractivity contribution is -0.153. The highest BCUT2D eigenvalue weighted by Crippen LogP contribution is 2.38. The van der Waals surface area contributed by atoms with Crippen molar-refractivity contribution in [1.29, 1.82) is 0 Å². The molecule has 0 aromatic heterocycles. The van der Waals surface area contributed by atoms with E-state index in [1.807, 2.05) is 4.90 Å². The largest absolute Gasteiger partial charge is 0.342 e. The molecule has 1 heterocycles. The molecule has 4 nitrogen and oxygen atoms in total. The molecule has 4 heteroatoms. The van der Waals surface area contributed by atoms with E-state index in [0.29, 0.717) is 11.8 Å². The molecule has 0 bridgehead atoms. The first-order chi connectivity index (χ1) is 8.95. The number of hydrogen-bond donors (Lipinski definition) is 1. The van der Waals surface area contributed by atoms with Gasteiger partial charge in [-0.2, -0.15) is 0 Å². The standard InChI is InChI=1S/C15H26N2O2/c1-5-10(4)17-13(11-6-7-11)14(18)16-12(15(17)19)8-9(2)3/h9-13H,5-8H2,1-4H3,(H,16,18). The van der Waals surface area contributed by atoms with E-state index < -0.39 is 0 Å². The summed E-state index contributed by atoms with van der Waals surface area (Å²) < 4.78 is 0. The van der Waals surface area contributed by atoms with Gasteiger partial charge in [0, 0.05) is 6.04 Å². The number of nitrogens with one attached hydrogen (secondary N) is 1. The van der Waals surface area contributed by atoms with Crippen LogP contribution in [0.3, 0.4) is 0 Å². The van der Waals surface area contributed by atoms with E-state index in [0.717, 1.165) is 25.7 Å². The minimum absolute atomic E-state index is 0.0630. The fraction of sp³-hybridized carbons (Fsp3) is 0.867. The van der Waals surface area contributed by atoms with Gasteiger partial charge >= 0.3 is 0 Å². The predicted molar refractivity (Wildman–Crippen MR) is 74.5 cm³/mol. The van der Waals surface area contributed by atoms with Gasteiger partial charge in [0.2, 0.25) is 11.8 Å². The molecule has 3 unspecified atom stereocenters. The highest BCUT2D eigenvalue weighted by molar-refractivity contribution is 5.97. The Morgan fingerprint density at radius 1 is 1.26 bits per heavy atom. The molecule has 1 saturated heterocycles. The summed E-state index contributed by atoms with van der Waals surface area (Å²) in [4.78, 5) is 26.9. The van der Waals surface area contributed by atoms with Crippen LogP contribution >= 0.6 is 0 Å².